The van der Waals surface area contributed by atoms with Crippen LogP contribution in [0.25, 0.3) is 0 Å². The molecule has 1 aromatic rings. The lowest BCUT2D eigenvalue weighted by Gasteiger charge is -2.30. The maximum absolute atomic E-state index is 12.4. The molecular formula is C17H28N2O2. The first-order valence-corrected chi connectivity index (χ1v) is 8.17. The van der Waals surface area contributed by atoms with Gasteiger partial charge in [-0.3, -0.25) is 0 Å². The van der Waals surface area contributed by atoms with E-state index in [2.05, 4.69) is 5.32 Å². The molecule has 1 saturated carbocycles. The Kier molecular flexibility index (Phi) is 5.71. The van der Waals surface area contributed by atoms with Gasteiger partial charge in [0.15, 0.2) is 0 Å². The van der Waals surface area contributed by atoms with Crippen LogP contribution in [0.2, 0.25) is 0 Å². The second kappa shape index (κ2) is 7.53. The molecule has 1 atom stereocenters. The summed E-state index contributed by atoms with van der Waals surface area (Å²) in [7, 11) is 1.92. The zero-order valence-corrected chi connectivity index (χ0v) is 13.5. The Labute approximate surface area is 127 Å². The molecule has 0 aliphatic heterocycles. The zero-order chi connectivity index (χ0) is 15.2. The molecule has 1 aliphatic carbocycles. The van der Waals surface area contributed by atoms with Crippen molar-refractivity contribution in [3.05, 3.63) is 23.7 Å². The van der Waals surface area contributed by atoms with Crippen molar-refractivity contribution >= 4 is 6.03 Å². The molecule has 21 heavy (non-hydrogen) atoms. The molecule has 1 aromatic heterocycles. The van der Waals surface area contributed by atoms with Crippen LogP contribution >= 0.6 is 0 Å². The smallest absolute Gasteiger partial charge is 0.317 e. The lowest BCUT2D eigenvalue weighted by molar-refractivity contribution is 0.174. The van der Waals surface area contributed by atoms with Crippen LogP contribution in [0.5, 0.6) is 0 Å². The van der Waals surface area contributed by atoms with Gasteiger partial charge in [0.1, 0.15) is 11.5 Å². The Hall–Kier alpha value is -1.45. The summed E-state index contributed by atoms with van der Waals surface area (Å²) in [4.78, 5) is 14.3. The van der Waals surface area contributed by atoms with Crippen molar-refractivity contribution in [1.29, 1.82) is 0 Å². The highest BCUT2D eigenvalue weighted by Gasteiger charge is 2.22. The molecule has 1 aliphatic rings. The molecule has 1 unspecified atom stereocenters. The molecule has 118 valence electrons. The van der Waals surface area contributed by atoms with Gasteiger partial charge in [0.2, 0.25) is 0 Å². The SMILES string of the molecule is Cc1ccc(C(C)NC(=O)N(C)C2CCCCCCC2)o1. The van der Waals surface area contributed by atoms with Crippen LogP contribution in [0.15, 0.2) is 16.5 Å². The van der Waals surface area contributed by atoms with E-state index in [-0.39, 0.29) is 12.1 Å². The van der Waals surface area contributed by atoms with Gasteiger partial charge in [-0.15, -0.1) is 0 Å². The van der Waals surface area contributed by atoms with Crippen LogP contribution in [-0.2, 0) is 0 Å². The number of furan rings is 1. The Morgan fingerprint density at radius 2 is 1.86 bits per heavy atom. The van der Waals surface area contributed by atoms with Gasteiger partial charge in [0, 0.05) is 13.1 Å². The van der Waals surface area contributed by atoms with Crippen molar-refractivity contribution in [2.24, 2.45) is 0 Å². The Bertz CT molecular complexity index is 447. The number of nitrogens with zero attached hydrogens (tertiary/aromatic N) is 1. The first kappa shape index (κ1) is 15.9. The van der Waals surface area contributed by atoms with Gasteiger partial charge in [0.05, 0.1) is 6.04 Å². The Balaban J connectivity index is 1.88. The van der Waals surface area contributed by atoms with E-state index >= 15 is 0 Å². The minimum Gasteiger partial charge on any atom is -0.464 e. The summed E-state index contributed by atoms with van der Waals surface area (Å²) in [5.41, 5.74) is 0. The predicted molar refractivity (Wildman–Crippen MR) is 84.3 cm³/mol. The Morgan fingerprint density at radius 3 is 2.43 bits per heavy atom. The van der Waals surface area contributed by atoms with Crippen molar-refractivity contribution in [2.75, 3.05) is 7.05 Å². The third-order valence-corrected chi connectivity index (χ3v) is 4.47. The lowest BCUT2D eigenvalue weighted by Crippen LogP contribution is -2.44. The lowest BCUT2D eigenvalue weighted by atomic mass is 9.96. The van der Waals surface area contributed by atoms with Crippen LogP contribution < -0.4 is 5.32 Å². The van der Waals surface area contributed by atoms with E-state index < -0.39 is 0 Å². The van der Waals surface area contributed by atoms with Crippen LogP contribution in [0.1, 0.15) is 69.4 Å². The summed E-state index contributed by atoms with van der Waals surface area (Å²) < 4.78 is 5.57. The van der Waals surface area contributed by atoms with Crippen LogP contribution in [0.3, 0.4) is 0 Å². The van der Waals surface area contributed by atoms with Crippen molar-refractivity contribution < 1.29 is 9.21 Å². The van der Waals surface area contributed by atoms with Crippen molar-refractivity contribution in [1.82, 2.24) is 10.2 Å². The quantitative estimate of drug-likeness (QED) is 0.897. The van der Waals surface area contributed by atoms with Crippen LogP contribution in [0.4, 0.5) is 4.79 Å². The van der Waals surface area contributed by atoms with Gasteiger partial charge in [-0.05, 0) is 38.8 Å². The molecular weight excluding hydrogens is 264 g/mol. The van der Waals surface area contributed by atoms with E-state index in [1.807, 2.05) is 37.9 Å². The summed E-state index contributed by atoms with van der Waals surface area (Å²) in [5, 5.41) is 3.04. The molecule has 0 radical (unpaired) electrons. The average Bonchev–Trinajstić information content (AvgIpc) is 2.84. The third-order valence-electron chi connectivity index (χ3n) is 4.47. The second-order valence-electron chi connectivity index (χ2n) is 6.23. The van der Waals surface area contributed by atoms with Crippen LogP contribution in [0, 0.1) is 6.92 Å². The van der Waals surface area contributed by atoms with Gasteiger partial charge in [-0.1, -0.05) is 32.1 Å². The number of carbonyl (C=O) groups is 1. The minimum absolute atomic E-state index is 0.00197. The first-order chi connectivity index (χ1) is 10.1. The molecule has 0 aromatic carbocycles. The summed E-state index contributed by atoms with van der Waals surface area (Å²) >= 11 is 0. The van der Waals surface area contributed by atoms with Crippen molar-refractivity contribution in [3.63, 3.8) is 0 Å². The van der Waals surface area contributed by atoms with E-state index in [0.717, 1.165) is 24.4 Å². The predicted octanol–water partition coefficient (Wildman–Crippen LogP) is 4.40. The number of carbonyl (C=O) groups excluding carboxylic acids is 1. The van der Waals surface area contributed by atoms with Gasteiger partial charge >= 0.3 is 6.03 Å². The molecule has 2 rings (SSSR count). The summed E-state index contributed by atoms with van der Waals surface area (Å²) in [6.07, 6.45) is 8.65. The molecule has 4 heteroatoms. The number of urea groups is 1. The fourth-order valence-electron chi connectivity index (χ4n) is 3.03. The highest BCUT2D eigenvalue weighted by Crippen LogP contribution is 2.21. The summed E-state index contributed by atoms with van der Waals surface area (Å²) in [5.74, 6) is 1.69. The highest BCUT2D eigenvalue weighted by atomic mass is 16.3. The molecule has 2 amide bonds. The largest absolute Gasteiger partial charge is 0.464 e. The normalized spacial score (nSPS) is 18.6. The zero-order valence-electron chi connectivity index (χ0n) is 13.5. The summed E-state index contributed by atoms with van der Waals surface area (Å²) in [6.45, 7) is 3.88. The fourth-order valence-corrected chi connectivity index (χ4v) is 3.03. The topological polar surface area (TPSA) is 45.5 Å². The molecule has 0 bridgehead atoms. The van der Waals surface area contributed by atoms with Crippen LogP contribution in [-0.4, -0.2) is 24.0 Å². The fraction of sp³-hybridized carbons (Fsp3) is 0.706. The van der Waals surface area contributed by atoms with Gasteiger partial charge in [-0.2, -0.15) is 0 Å². The number of aryl methyl sites for hydroxylation is 1. The standard InChI is InChI=1S/C17H28N2O2/c1-13-11-12-16(21-13)14(2)18-17(20)19(3)15-9-7-5-4-6-8-10-15/h11-12,14-15H,4-10H2,1-3H3,(H,18,20). The average molecular weight is 292 g/mol. The first-order valence-electron chi connectivity index (χ1n) is 8.17. The number of rotatable bonds is 3. The van der Waals surface area contributed by atoms with E-state index in [9.17, 15) is 4.79 Å². The van der Waals surface area contributed by atoms with E-state index in [0.29, 0.717) is 6.04 Å². The molecule has 1 heterocycles. The number of hydrogen-bond donors (Lipinski definition) is 1. The number of amides is 2. The maximum atomic E-state index is 12.4. The van der Waals surface area contributed by atoms with E-state index in [1.54, 1.807) is 0 Å². The highest BCUT2D eigenvalue weighted by molar-refractivity contribution is 5.74. The van der Waals surface area contributed by atoms with Crippen molar-refractivity contribution in [3.8, 4) is 0 Å². The molecule has 1 N–H and O–H groups in total. The van der Waals surface area contributed by atoms with E-state index in [1.165, 1.54) is 32.1 Å². The number of hydrogen-bond acceptors (Lipinski definition) is 2. The summed E-state index contributed by atoms with van der Waals surface area (Å²) in [6, 6.07) is 4.13. The minimum atomic E-state index is -0.0952. The van der Waals surface area contributed by atoms with E-state index in [4.69, 9.17) is 4.42 Å². The molecule has 0 spiro atoms. The molecule has 0 saturated heterocycles. The second-order valence-corrected chi connectivity index (χ2v) is 6.23. The van der Waals surface area contributed by atoms with Crippen molar-refractivity contribution in [2.45, 2.75) is 70.9 Å². The third kappa shape index (κ3) is 4.51. The molecule has 1 fully saturated rings. The maximum Gasteiger partial charge on any atom is 0.317 e. The number of nitrogens with one attached hydrogen (secondary N) is 1. The molecule has 4 nitrogen and oxygen atoms in total. The van der Waals surface area contributed by atoms with Gasteiger partial charge in [0.25, 0.3) is 0 Å². The Morgan fingerprint density at radius 1 is 1.24 bits per heavy atom. The monoisotopic (exact) mass is 292 g/mol. The van der Waals surface area contributed by atoms with Gasteiger partial charge < -0.3 is 14.6 Å². The van der Waals surface area contributed by atoms with Gasteiger partial charge in [-0.25, -0.2) is 4.79 Å².